The van der Waals surface area contributed by atoms with Gasteiger partial charge in [-0.05, 0) is 43.2 Å². The van der Waals surface area contributed by atoms with Crippen molar-refractivity contribution < 1.29 is 9.18 Å². The first-order valence-corrected chi connectivity index (χ1v) is 8.80. The molecule has 26 heavy (non-hydrogen) atoms. The number of carbonyl (C=O) groups excluding carboxylic acids is 1. The highest BCUT2D eigenvalue weighted by molar-refractivity contribution is 5.95. The number of rotatable bonds is 6. The summed E-state index contributed by atoms with van der Waals surface area (Å²) in [7, 11) is 0. The Labute approximate surface area is 152 Å². The Kier molecular flexibility index (Phi) is 5.46. The molecule has 0 aliphatic carbocycles. The molecule has 5 heteroatoms. The fourth-order valence-electron chi connectivity index (χ4n) is 3.04. The van der Waals surface area contributed by atoms with Gasteiger partial charge in [0.05, 0.1) is 23.1 Å². The topological polar surface area (TPSA) is 38.1 Å². The maximum absolute atomic E-state index is 13.4. The van der Waals surface area contributed by atoms with Crippen LogP contribution in [0.25, 0.3) is 5.69 Å². The Balaban J connectivity index is 1.89. The van der Waals surface area contributed by atoms with E-state index in [1.54, 1.807) is 17.2 Å². The van der Waals surface area contributed by atoms with Crippen molar-refractivity contribution in [2.24, 2.45) is 0 Å². The quantitative estimate of drug-likeness (QED) is 0.666. The minimum Gasteiger partial charge on any atom is -0.334 e. The predicted molar refractivity (Wildman–Crippen MR) is 99.8 cm³/mol. The summed E-state index contributed by atoms with van der Waals surface area (Å²) in [5, 5.41) is 4.43. The molecule has 1 amide bonds. The van der Waals surface area contributed by atoms with Crippen LogP contribution >= 0.6 is 0 Å². The molecule has 0 unspecified atom stereocenters. The monoisotopic (exact) mass is 351 g/mol. The van der Waals surface area contributed by atoms with Crippen LogP contribution in [0.2, 0.25) is 0 Å². The maximum atomic E-state index is 13.4. The molecule has 3 rings (SSSR count). The largest absolute Gasteiger partial charge is 0.334 e. The Bertz CT molecular complexity index is 889. The highest BCUT2D eigenvalue weighted by atomic mass is 19.1. The van der Waals surface area contributed by atoms with Crippen LogP contribution in [-0.2, 0) is 13.0 Å². The Morgan fingerprint density at radius 1 is 1.12 bits per heavy atom. The molecule has 0 N–H and O–H groups in total. The molecule has 134 valence electrons. The zero-order valence-electron chi connectivity index (χ0n) is 15.0. The van der Waals surface area contributed by atoms with Crippen molar-refractivity contribution in [2.45, 2.75) is 26.8 Å². The van der Waals surface area contributed by atoms with Crippen molar-refractivity contribution in [2.75, 3.05) is 6.54 Å². The molecule has 1 heterocycles. The fraction of sp³-hybridized carbons (Fsp3) is 0.238. The van der Waals surface area contributed by atoms with Gasteiger partial charge in [0.25, 0.3) is 5.91 Å². The third kappa shape index (κ3) is 3.67. The summed E-state index contributed by atoms with van der Waals surface area (Å²) in [6, 6.07) is 16.1. The smallest absolute Gasteiger partial charge is 0.257 e. The van der Waals surface area contributed by atoms with Gasteiger partial charge in [0.2, 0.25) is 0 Å². The summed E-state index contributed by atoms with van der Waals surface area (Å²) < 4.78 is 15.2. The summed E-state index contributed by atoms with van der Waals surface area (Å²) in [4.78, 5) is 14.8. The minimum absolute atomic E-state index is 0.0872. The van der Waals surface area contributed by atoms with Crippen LogP contribution in [0.1, 0.15) is 35.5 Å². The molecule has 0 saturated carbocycles. The molecule has 0 atom stereocenters. The summed E-state index contributed by atoms with van der Waals surface area (Å²) in [5.74, 6) is -0.382. The second-order valence-corrected chi connectivity index (χ2v) is 6.06. The number of nitrogens with zero attached hydrogens (tertiary/aromatic N) is 3. The van der Waals surface area contributed by atoms with E-state index in [9.17, 15) is 9.18 Å². The standard InChI is InChI=1S/C21H22FN3O/c1-3-20-19(14-23-25(20)18-11-6-5-7-12-18)21(26)24(4-2)15-16-9-8-10-17(22)13-16/h5-14H,3-4,15H2,1-2H3. The molecule has 0 aliphatic heterocycles. The third-order valence-electron chi connectivity index (χ3n) is 4.37. The lowest BCUT2D eigenvalue weighted by Crippen LogP contribution is -2.31. The van der Waals surface area contributed by atoms with Gasteiger partial charge in [-0.25, -0.2) is 9.07 Å². The number of hydrogen-bond donors (Lipinski definition) is 0. The fourth-order valence-corrected chi connectivity index (χ4v) is 3.04. The van der Waals surface area contributed by atoms with Gasteiger partial charge in [-0.15, -0.1) is 0 Å². The summed E-state index contributed by atoms with van der Waals surface area (Å²) in [6.45, 7) is 4.84. The summed E-state index contributed by atoms with van der Waals surface area (Å²) >= 11 is 0. The first-order valence-electron chi connectivity index (χ1n) is 8.80. The second-order valence-electron chi connectivity index (χ2n) is 6.06. The molecule has 0 radical (unpaired) electrons. The average molecular weight is 351 g/mol. The van der Waals surface area contributed by atoms with Crippen LogP contribution in [0.5, 0.6) is 0 Å². The lowest BCUT2D eigenvalue weighted by molar-refractivity contribution is 0.0751. The molecule has 1 aromatic heterocycles. The van der Waals surface area contributed by atoms with Crippen LogP contribution < -0.4 is 0 Å². The molecule has 3 aromatic rings. The van der Waals surface area contributed by atoms with Gasteiger partial charge in [0.15, 0.2) is 0 Å². The number of para-hydroxylation sites is 1. The Hall–Kier alpha value is -2.95. The van der Waals surface area contributed by atoms with Gasteiger partial charge in [0.1, 0.15) is 5.82 Å². The van der Waals surface area contributed by atoms with Crippen molar-refractivity contribution in [3.05, 3.63) is 83.4 Å². The van der Waals surface area contributed by atoms with E-state index in [1.807, 2.05) is 54.9 Å². The second kappa shape index (κ2) is 7.95. The first-order chi connectivity index (χ1) is 12.6. The van der Waals surface area contributed by atoms with E-state index in [4.69, 9.17) is 0 Å². The van der Waals surface area contributed by atoms with Crippen LogP contribution in [0.3, 0.4) is 0 Å². The maximum Gasteiger partial charge on any atom is 0.257 e. The normalized spacial score (nSPS) is 10.7. The molecule has 0 fully saturated rings. The van der Waals surface area contributed by atoms with E-state index in [-0.39, 0.29) is 11.7 Å². The molecule has 0 saturated heterocycles. The molecule has 4 nitrogen and oxygen atoms in total. The zero-order valence-corrected chi connectivity index (χ0v) is 15.0. The van der Waals surface area contributed by atoms with Crippen molar-refractivity contribution in [3.8, 4) is 5.69 Å². The lowest BCUT2D eigenvalue weighted by Gasteiger charge is -2.21. The average Bonchev–Trinajstić information content (AvgIpc) is 3.10. The first kappa shape index (κ1) is 17.9. The number of aromatic nitrogens is 2. The van der Waals surface area contributed by atoms with Crippen LogP contribution in [0.15, 0.2) is 60.8 Å². The van der Waals surface area contributed by atoms with Gasteiger partial charge >= 0.3 is 0 Å². The van der Waals surface area contributed by atoms with Gasteiger partial charge < -0.3 is 4.90 Å². The highest BCUT2D eigenvalue weighted by Gasteiger charge is 2.21. The van der Waals surface area contributed by atoms with Crippen molar-refractivity contribution >= 4 is 5.91 Å². The van der Waals surface area contributed by atoms with E-state index in [2.05, 4.69) is 5.10 Å². The SMILES string of the molecule is CCc1c(C(=O)N(CC)Cc2cccc(F)c2)cnn1-c1ccccc1. The van der Waals surface area contributed by atoms with E-state index in [0.717, 1.165) is 16.9 Å². The van der Waals surface area contributed by atoms with E-state index in [1.165, 1.54) is 12.1 Å². The highest BCUT2D eigenvalue weighted by Crippen LogP contribution is 2.19. The molecular weight excluding hydrogens is 329 g/mol. The van der Waals surface area contributed by atoms with Gasteiger partial charge in [0, 0.05) is 13.1 Å². The number of carbonyl (C=O) groups is 1. The van der Waals surface area contributed by atoms with Crippen LogP contribution in [0.4, 0.5) is 4.39 Å². The van der Waals surface area contributed by atoms with E-state index < -0.39 is 0 Å². The number of halogens is 1. The van der Waals surface area contributed by atoms with Crippen molar-refractivity contribution in [1.82, 2.24) is 14.7 Å². The Morgan fingerprint density at radius 3 is 2.54 bits per heavy atom. The number of amides is 1. The van der Waals surface area contributed by atoms with Crippen molar-refractivity contribution in [1.29, 1.82) is 0 Å². The van der Waals surface area contributed by atoms with Crippen molar-refractivity contribution in [3.63, 3.8) is 0 Å². The molecule has 0 spiro atoms. The molecule has 0 aliphatic rings. The minimum atomic E-state index is -0.294. The number of benzene rings is 2. The summed E-state index contributed by atoms with van der Waals surface area (Å²) in [5.41, 5.74) is 3.17. The summed E-state index contributed by atoms with van der Waals surface area (Å²) in [6.07, 6.45) is 2.32. The third-order valence-corrected chi connectivity index (χ3v) is 4.37. The molecule has 0 bridgehead atoms. The van der Waals surface area contributed by atoms with Crippen LogP contribution in [-0.4, -0.2) is 27.1 Å². The predicted octanol–water partition coefficient (Wildman–Crippen LogP) is 4.24. The lowest BCUT2D eigenvalue weighted by atomic mass is 10.1. The Morgan fingerprint density at radius 2 is 1.88 bits per heavy atom. The van der Waals surface area contributed by atoms with E-state index in [0.29, 0.717) is 25.1 Å². The van der Waals surface area contributed by atoms with Gasteiger partial charge in [-0.2, -0.15) is 5.10 Å². The molecular formula is C21H22FN3O. The van der Waals surface area contributed by atoms with E-state index >= 15 is 0 Å². The number of hydrogen-bond acceptors (Lipinski definition) is 2. The van der Waals surface area contributed by atoms with Gasteiger partial charge in [-0.1, -0.05) is 37.3 Å². The molecule has 2 aromatic carbocycles. The van der Waals surface area contributed by atoms with Crippen LogP contribution in [0, 0.1) is 5.82 Å². The zero-order chi connectivity index (χ0) is 18.5. The van der Waals surface area contributed by atoms with Gasteiger partial charge in [-0.3, -0.25) is 4.79 Å².